The van der Waals surface area contributed by atoms with Gasteiger partial charge < -0.3 is 0 Å². The summed E-state index contributed by atoms with van der Waals surface area (Å²) in [6.07, 6.45) is -4.94. The summed E-state index contributed by atoms with van der Waals surface area (Å²) in [5, 5.41) is -1.31. The predicted molar refractivity (Wildman–Crippen MR) is 28.2 cm³/mol. The molecule has 0 saturated heterocycles. The molecule has 0 unspecified atom stereocenters. The Morgan fingerprint density at radius 1 is 1.36 bits per heavy atom. The lowest BCUT2D eigenvalue weighted by Gasteiger charge is -1.93. The highest BCUT2D eigenvalue weighted by Crippen LogP contribution is 2.13. The van der Waals surface area contributed by atoms with Crippen molar-refractivity contribution in [1.29, 1.82) is 0 Å². The minimum Gasteiger partial charge on any atom is -0.241 e. The van der Waals surface area contributed by atoms with Crippen molar-refractivity contribution in [3.8, 4) is 0 Å². The zero-order valence-corrected chi connectivity index (χ0v) is 5.69. The first kappa shape index (κ1) is 13.2. The van der Waals surface area contributed by atoms with Crippen molar-refractivity contribution in [3.63, 3.8) is 0 Å². The van der Waals surface area contributed by atoms with Gasteiger partial charge in [0.25, 0.3) is 0 Å². The first-order valence-electron chi connectivity index (χ1n) is 2.07. The topological polar surface area (TPSA) is 0 Å². The van der Waals surface area contributed by atoms with Crippen LogP contribution in [0.15, 0.2) is 11.6 Å². The Hall–Kier alpha value is -0.390. The summed E-state index contributed by atoms with van der Waals surface area (Å²) in [5.41, 5.74) is 0. The van der Waals surface area contributed by atoms with Crippen LogP contribution in [0.25, 0.3) is 0 Å². The molecule has 0 heterocycles. The molecule has 7 heteroatoms. The second kappa shape index (κ2) is 6.33. The van der Waals surface area contributed by atoms with Gasteiger partial charge in [0.05, 0.1) is 0 Å². The normalized spacial score (nSPS) is 12.1. The zero-order chi connectivity index (χ0) is 9.49. The fraction of sp³-hybridized carbons (Fsp3) is 0.500. The number of hydrogen-bond acceptors (Lipinski definition) is 0. The van der Waals surface area contributed by atoms with Gasteiger partial charge in [0.1, 0.15) is 6.33 Å². The van der Waals surface area contributed by atoms with E-state index in [1.165, 1.54) is 0 Å². The summed E-state index contributed by atoms with van der Waals surface area (Å²) in [5.74, 6) is 0. The van der Waals surface area contributed by atoms with Crippen LogP contribution in [0.1, 0.15) is 0 Å². The fourth-order valence-corrected chi connectivity index (χ4v) is 0. The van der Waals surface area contributed by atoms with E-state index >= 15 is 0 Å². The van der Waals surface area contributed by atoms with Crippen LogP contribution >= 0.6 is 11.6 Å². The molecule has 0 aromatic heterocycles. The highest BCUT2D eigenvalue weighted by molar-refractivity contribution is 6.27. The molecule has 0 aliphatic carbocycles. The van der Waals surface area contributed by atoms with Crippen molar-refractivity contribution in [2.24, 2.45) is 0 Å². The van der Waals surface area contributed by atoms with Gasteiger partial charge in [-0.25, -0.2) is 8.78 Å². The first-order chi connectivity index (χ1) is 4.83. The maximum absolute atomic E-state index is 10.7. The van der Waals surface area contributed by atoms with E-state index in [9.17, 15) is 26.3 Å². The first-order valence-corrected chi connectivity index (χ1v) is 2.45. The van der Waals surface area contributed by atoms with Crippen molar-refractivity contribution < 1.29 is 26.3 Å². The molecule has 0 radical (unpaired) electrons. The van der Waals surface area contributed by atoms with Crippen LogP contribution in [0.2, 0.25) is 0 Å². The maximum Gasteiger partial charge on any atom is 0.416 e. The molecule has 11 heavy (non-hydrogen) atoms. The van der Waals surface area contributed by atoms with Crippen molar-refractivity contribution in [3.05, 3.63) is 11.6 Å². The van der Waals surface area contributed by atoms with Gasteiger partial charge in [-0.15, -0.1) is 0 Å². The Morgan fingerprint density at radius 3 is 1.55 bits per heavy atom. The molecule has 0 aromatic rings. The lowest BCUT2D eigenvalue weighted by molar-refractivity contribution is -0.142. The van der Waals surface area contributed by atoms with E-state index < -0.39 is 18.1 Å². The van der Waals surface area contributed by atoms with Gasteiger partial charge in [0, 0.05) is 0 Å². The largest absolute Gasteiger partial charge is 0.416 e. The van der Waals surface area contributed by atoms with Crippen LogP contribution in [0.3, 0.4) is 0 Å². The lowest BCUT2D eigenvalue weighted by Crippen LogP contribution is -2.08. The molecule has 0 fully saturated rings. The van der Waals surface area contributed by atoms with Gasteiger partial charge in [-0.05, 0) is 11.6 Å². The van der Waals surface area contributed by atoms with Crippen LogP contribution in [0.4, 0.5) is 26.3 Å². The smallest absolute Gasteiger partial charge is 0.241 e. The summed E-state index contributed by atoms with van der Waals surface area (Å²) in [6, 6.07) is 0. The highest BCUT2D eigenvalue weighted by Gasteiger charge is 2.26. The van der Waals surface area contributed by atoms with Crippen LogP contribution in [0, 0.1) is 0 Å². The molecule has 0 saturated carbocycles. The zero-order valence-electron chi connectivity index (χ0n) is 4.93. The van der Waals surface area contributed by atoms with Gasteiger partial charge in [-0.3, -0.25) is 0 Å². The van der Waals surface area contributed by atoms with Crippen LogP contribution in [-0.2, 0) is 0 Å². The molecule has 0 aromatic carbocycles. The number of alkyl halides is 4. The minimum absolute atomic E-state index is 0.318. The van der Waals surface area contributed by atoms with Crippen molar-refractivity contribution >= 4 is 11.6 Å². The summed E-state index contributed by atoms with van der Waals surface area (Å²) < 4.78 is 62.7. The van der Waals surface area contributed by atoms with E-state index in [2.05, 4.69) is 11.6 Å². The molecule has 0 aliphatic heterocycles. The molecule has 0 atom stereocenters. The van der Waals surface area contributed by atoms with E-state index in [-0.39, 0.29) is 6.33 Å². The van der Waals surface area contributed by atoms with Gasteiger partial charge in [-0.2, -0.15) is 17.6 Å². The van der Waals surface area contributed by atoms with Crippen LogP contribution in [0.5, 0.6) is 0 Å². The second-order valence-corrected chi connectivity index (χ2v) is 1.51. The molecule has 0 rings (SSSR count). The molecule has 0 bridgehead atoms. The van der Waals surface area contributed by atoms with E-state index in [0.717, 1.165) is 0 Å². The van der Waals surface area contributed by atoms with Crippen LogP contribution in [-0.4, -0.2) is 12.9 Å². The Bertz CT molecular complexity index is 112. The van der Waals surface area contributed by atoms with Gasteiger partial charge in [-0.1, -0.05) is 0 Å². The third-order valence-corrected chi connectivity index (χ3v) is 0.316. The summed E-state index contributed by atoms with van der Waals surface area (Å²) in [6.45, 7) is -2.23. The number of hydrogen-bond donors (Lipinski definition) is 0. The molecule has 0 nitrogen and oxygen atoms in total. The Labute approximate surface area is 63.4 Å². The van der Waals surface area contributed by atoms with Crippen LogP contribution < -0.4 is 0 Å². The quantitative estimate of drug-likeness (QED) is 0.525. The lowest BCUT2D eigenvalue weighted by atomic mass is 10.8. The minimum atomic E-state index is -4.62. The third kappa shape index (κ3) is 26.2. The number of halogens is 7. The third-order valence-electron chi connectivity index (χ3n) is 0.234. The van der Waals surface area contributed by atoms with E-state index in [4.69, 9.17) is 0 Å². The fourth-order valence-electron chi connectivity index (χ4n) is 0. The maximum atomic E-state index is 10.7. The summed E-state index contributed by atoms with van der Waals surface area (Å²) in [7, 11) is 0. The Kier molecular flexibility index (Phi) is 7.60. The Morgan fingerprint density at radius 2 is 1.55 bits per heavy atom. The average Bonchev–Trinajstić information content (AvgIpc) is 1.88. The summed E-state index contributed by atoms with van der Waals surface area (Å²) in [4.78, 5) is 0. The van der Waals surface area contributed by atoms with Crippen molar-refractivity contribution in [2.45, 2.75) is 6.18 Å². The summed E-state index contributed by atoms with van der Waals surface area (Å²) >= 11 is 4.28. The SMILES string of the molecule is FC=C(F)Cl.FCC(F)(F)F. The van der Waals surface area contributed by atoms with E-state index in [1.807, 2.05) is 0 Å². The molecular weight excluding hydrogens is 197 g/mol. The van der Waals surface area contributed by atoms with E-state index in [0.29, 0.717) is 0 Å². The number of rotatable bonds is 0. The molecule has 0 N–H and O–H groups in total. The molecule has 0 aliphatic rings. The van der Waals surface area contributed by atoms with Gasteiger partial charge in [0.2, 0.25) is 5.29 Å². The predicted octanol–water partition coefficient (Wildman–Crippen LogP) is 3.48. The van der Waals surface area contributed by atoms with Gasteiger partial charge in [0.15, 0.2) is 6.67 Å². The molecule has 0 amide bonds. The van der Waals surface area contributed by atoms with Gasteiger partial charge >= 0.3 is 6.18 Å². The Balaban J connectivity index is 0. The molecule has 68 valence electrons. The molecular formula is C4H3ClF6. The second-order valence-electron chi connectivity index (χ2n) is 1.15. The average molecular weight is 201 g/mol. The van der Waals surface area contributed by atoms with Crippen molar-refractivity contribution in [2.75, 3.05) is 6.67 Å². The molecule has 0 spiro atoms. The monoisotopic (exact) mass is 200 g/mol. The standard InChI is InChI=1S/C2HClF2.C2H2F4/c3-2(5)1-4;3-1-2(4,5)6/h1H;1H2. The highest BCUT2D eigenvalue weighted by atomic mass is 35.5. The van der Waals surface area contributed by atoms with E-state index in [1.54, 1.807) is 0 Å². The van der Waals surface area contributed by atoms with Crippen molar-refractivity contribution in [1.82, 2.24) is 0 Å².